The van der Waals surface area contributed by atoms with E-state index >= 15 is 0 Å². The van der Waals surface area contributed by atoms with Crippen molar-refractivity contribution in [2.24, 2.45) is 5.92 Å². The molecule has 2 aromatic carbocycles. The lowest BCUT2D eigenvalue weighted by atomic mass is 10.0. The van der Waals surface area contributed by atoms with Crippen LogP contribution in [0.25, 0.3) is 0 Å². The van der Waals surface area contributed by atoms with Crippen LogP contribution in [0, 0.1) is 16.0 Å². The van der Waals surface area contributed by atoms with Gasteiger partial charge in [-0.25, -0.2) is 0 Å². The predicted octanol–water partition coefficient (Wildman–Crippen LogP) is 4.13. The van der Waals surface area contributed by atoms with Crippen molar-refractivity contribution >= 4 is 23.2 Å². The van der Waals surface area contributed by atoms with Crippen LogP contribution < -0.4 is 5.32 Å². The van der Waals surface area contributed by atoms with E-state index in [1.807, 2.05) is 30.3 Å². The highest BCUT2D eigenvalue weighted by Gasteiger charge is 2.33. The number of carbonyl (C=O) groups is 1. The summed E-state index contributed by atoms with van der Waals surface area (Å²) in [4.78, 5) is 22.7. The minimum atomic E-state index is -0.537. The molecule has 1 aliphatic carbocycles. The van der Waals surface area contributed by atoms with Gasteiger partial charge in [0.2, 0.25) is 0 Å². The van der Waals surface area contributed by atoms with Crippen LogP contribution in [0.3, 0.4) is 0 Å². The molecule has 0 unspecified atom stereocenters. The van der Waals surface area contributed by atoms with Gasteiger partial charge in [-0.3, -0.25) is 14.9 Å². The Hall–Kier alpha value is -2.40. The number of amides is 1. The van der Waals surface area contributed by atoms with E-state index in [0.717, 1.165) is 18.4 Å². The number of hydrogen-bond donors (Lipinski definition) is 1. The summed E-state index contributed by atoms with van der Waals surface area (Å²) in [5.41, 5.74) is 1.17. The van der Waals surface area contributed by atoms with Crippen LogP contribution in [0.2, 0.25) is 5.02 Å². The lowest BCUT2D eigenvalue weighted by Gasteiger charge is -2.19. The zero-order valence-electron chi connectivity index (χ0n) is 12.2. The van der Waals surface area contributed by atoms with Gasteiger partial charge >= 0.3 is 0 Å². The first-order chi connectivity index (χ1) is 11.1. The highest BCUT2D eigenvalue weighted by Crippen LogP contribution is 2.41. The Kier molecular flexibility index (Phi) is 4.30. The summed E-state index contributed by atoms with van der Waals surface area (Å²) in [6.07, 6.45) is 2.15. The number of nitrogens with one attached hydrogen (secondary N) is 1. The van der Waals surface area contributed by atoms with Crippen molar-refractivity contribution in [3.63, 3.8) is 0 Å². The zero-order valence-corrected chi connectivity index (χ0v) is 13.0. The Balaban J connectivity index is 1.81. The Morgan fingerprint density at radius 3 is 2.48 bits per heavy atom. The fourth-order valence-corrected chi connectivity index (χ4v) is 2.84. The maximum atomic E-state index is 12.5. The number of hydrogen-bond acceptors (Lipinski definition) is 3. The average Bonchev–Trinajstić information content (AvgIpc) is 3.37. The molecule has 0 spiro atoms. The van der Waals surface area contributed by atoms with Crippen LogP contribution >= 0.6 is 11.6 Å². The molecule has 0 heterocycles. The number of non-ortho nitro benzene ring substituents is 1. The van der Waals surface area contributed by atoms with Gasteiger partial charge in [-0.1, -0.05) is 41.9 Å². The van der Waals surface area contributed by atoms with Crippen molar-refractivity contribution in [1.29, 1.82) is 0 Å². The second-order valence-electron chi connectivity index (χ2n) is 5.62. The second-order valence-corrected chi connectivity index (χ2v) is 6.03. The fraction of sp³-hybridized carbons (Fsp3) is 0.235. The predicted molar refractivity (Wildman–Crippen MR) is 87.5 cm³/mol. The van der Waals surface area contributed by atoms with Gasteiger partial charge < -0.3 is 5.32 Å². The molecule has 3 rings (SSSR count). The van der Waals surface area contributed by atoms with E-state index < -0.39 is 4.92 Å². The molecule has 0 aliphatic heterocycles. The lowest BCUT2D eigenvalue weighted by Crippen LogP contribution is -2.30. The molecule has 1 atom stereocenters. The van der Waals surface area contributed by atoms with E-state index in [4.69, 9.17) is 11.6 Å². The summed E-state index contributed by atoms with van der Waals surface area (Å²) in [7, 11) is 0. The Labute approximate surface area is 138 Å². The van der Waals surface area contributed by atoms with Crippen LogP contribution in [0.4, 0.5) is 5.69 Å². The molecule has 118 valence electrons. The Bertz CT molecular complexity index is 745. The van der Waals surface area contributed by atoms with E-state index in [2.05, 4.69) is 5.32 Å². The summed E-state index contributed by atoms with van der Waals surface area (Å²) in [5.74, 6) is 0.115. The number of rotatable bonds is 5. The molecule has 0 saturated heterocycles. The Morgan fingerprint density at radius 2 is 1.91 bits per heavy atom. The summed E-state index contributed by atoms with van der Waals surface area (Å²) < 4.78 is 0. The molecule has 0 bridgehead atoms. The monoisotopic (exact) mass is 330 g/mol. The van der Waals surface area contributed by atoms with Crippen LogP contribution in [0.5, 0.6) is 0 Å². The normalized spacial score (nSPS) is 15.0. The summed E-state index contributed by atoms with van der Waals surface area (Å²) in [6.45, 7) is 0. The molecular formula is C17H15ClN2O3. The highest BCUT2D eigenvalue weighted by atomic mass is 35.5. The van der Waals surface area contributed by atoms with Crippen molar-refractivity contribution in [2.45, 2.75) is 18.9 Å². The zero-order chi connectivity index (χ0) is 16.4. The number of nitro groups is 1. The van der Waals surface area contributed by atoms with E-state index in [1.54, 1.807) is 0 Å². The first-order valence-electron chi connectivity index (χ1n) is 7.36. The van der Waals surface area contributed by atoms with E-state index in [0.29, 0.717) is 5.92 Å². The number of benzene rings is 2. The van der Waals surface area contributed by atoms with E-state index in [9.17, 15) is 14.9 Å². The molecule has 1 aliphatic rings. The second kappa shape index (κ2) is 6.38. The largest absolute Gasteiger partial charge is 0.345 e. The quantitative estimate of drug-likeness (QED) is 0.661. The van der Waals surface area contributed by atoms with Crippen molar-refractivity contribution in [3.8, 4) is 0 Å². The first kappa shape index (κ1) is 15.5. The Morgan fingerprint density at radius 1 is 1.22 bits per heavy atom. The molecule has 2 aromatic rings. The van der Waals surface area contributed by atoms with Crippen molar-refractivity contribution in [2.75, 3.05) is 0 Å². The number of nitro benzene ring substituents is 1. The third-order valence-corrected chi connectivity index (χ3v) is 4.26. The molecule has 0 aromatic heterocycles. The molecular weight excluding hydrogens is 316 g/mol. The third-order valence-electron chi connectivity index (χ3n) is 3.95. The standard InChI is InChI=1S/C17H15ClN2O3/c18-15-10-13(20(22)23)8-9-14(15)17(21)19-16(12-6-7-12)11-4-2-1-3-5-11/h1-5,8-10,12,16H,6-7H2,(H,19,21)/t16-/m1/s1. The average molecular weight is 331 g/mol. The maximum Gasteiger partial charge on any atom is 0.270 e. The van der Waals surface area contributed by atoms with Crippen molar-refractivity contribution < 1.29 is 9.72 Å². The molecule has 23 heavy (non-hydrogen) atoms. The van der Waals surface area contributed by atoms with Crippen LogP contribution in [0.15, 0.2) is 48.5 Å². The molecule has 1 saturated carbocycles. The van der Waals surface area contributed by atoms with Crippen LogP contribution in [-0.4, -0.2) is 10.8 Å². The summed E-state index contributed by atoms with van der Waals surface area (Å²) in [5, 5.41) is 13.8. The van der Waals surface area contributed by atoms with Gasteiger partial charge in [-0.15, -0.1) is 0 Å². The van der Waals surface area contributed by atoms with Gasteiger partial charge in [0.15, 0.2) is 0 Å². The maximum absolute atomic E-state index is 12.5. The van der Waals surface area contributed by atoms with Crippen LogP contribution in [0.1, 0.15) is 34.8 Å². The first-order valence-corrected chi connectivity index (χ1v) is 7.74. The molecule has 1 N–H and O–H groups in total. The highest BCUT2D eigenvalue weighted by molar-refractivity contribution is 6.34. The molecule has 0 radical (unpaired) electrons. The summed E-state index contributed by atoms with van der Waals surface area (Å²) in [6, 6.07) is 13.6. The van der Waals surface area contributed by atoms with E-state index in [-0.39, 0.29) is 28.2 Å². The van der Waals surface area contributed by atoms with Gasteiger partial charge in [0.1, 0.15) is 0 Å². The van der Waals surface area contributed by atoms with Gasteiger partial charge in [0.05, 0.1) is 21.6 Å². The number of halogens is 1. The van der Waals surface area contributed by atoms with Gasteiger partial charge in [0.25, 0.3) is 11.6 Å². The van der Waals surface area contributed by atoms with E-state index in [1.165, 1.54) is 18.2 Å². The smallest absolute Gasteiger partial charge is 0.270 e. The fourth-order valence-electron chi connectivity index (χ4n) is 2.58. The van der Waals surface area contributed by atoms with Crippen molar-refractivity contribution in [3.05, 3.63) is 74.8 Å². The number of nitrogens with zero attached hydrogens (tertiary/aromatic N) is 1. The minimum Gasteiger partial charge on any atom is -0.345 e. The molecule has 6 heteroatoms. The third kappa shape index (κ3) is 3.51. The van der Waals surface area contributed by atoms with Gasteiger partial charge in [0, 0.05) is 12.1 Å². The topological polar surface area (TPSA) is 72.2 Å². The minimum absolute atomic E-state index is 0.0602. The number of carbonyl (C=O) groups excluding carboxylic acids is 1. The molecule has 5 nitrogen and oxygen atoms in total. The van der Waals surface area contributed by atoms with Crippen molar-refractivity contribution in [1.82, 2.24) is 5.32 Å². The van der Waals surface area contributed by atoms with Gasteiger partial charge in [-0.2, -0.15) is 0 Å². The van der Waals surface area contributed by atoms with Crippen LogP contribution in [-0.2, 0) is 0 Å². The SMILES string of the molecule is O=C(N[C@H](c1ccccc1)C1CC1)c1ccc([N+](=O)[O-])cc1Cl. The van der Waals surface area contributed by atoms with Gasteiger partial charge in [-0.05, 0) is 30.4 Å². The molecule has 1 amide bonds. The lowest BCUT2D eigenvalue weighted by molar-refractivity contribution is -0.384. The molecule has 1 fully saturated rings. The summed E-state index contributed by atoms with van der Waals surface area (Å²) >= 11 is 6.03.